The number of nitrogens with zero attached hydrogens (tertiary/aromatic N) is 3. The van der Waals surface area contributed by atoms with Gasteiger partial charge in [0.1, 0.15) is 11.6 Å². The van der Waals surface area contributed by atoms with Crippen LogP contribution < -0.4 is 15.0 Å². The average Bonchev–Trinajstić information content (AvgIpc) is 2.72. The van der Waals surface area contributed by atoms with Crippen LogP contribution in [-0.2, 0) is 11.3 Å². The quantitative estimate of drug-likeness (QED) is 0.771. The Balaban J connectivity index is 1.43. The second kappa shape index (κ2) is 9.75. The highest BCUT2D eigenvalue weighted by atomic mass is 35.5. The molecule has 1 aliphatic heterocycles. The van der Waals surface area contributed by atoms with Crippen LogP contribution >= 0.6 is 11.6 Å². The van der Waals surface area contributed by atoms with Crippen LogP contribution in [0.3, 0.4) is 0 Å². The van der Waals surface area contributed by atoms with Gasteiger partial charge in [0.15, 0.2) is 6.61 Å². The summed E-state index contributed by atoms with van der Waals surface area (Å²) < 4.78 is 5.56. The van der Waals surface area contributed by atoms with Gasteiger partial charge >= 0.3 is 0 Å². The first-order chi connectivity index (χ1) is 13.5. The molecule has 1 amide bonds. The minimum absolute atomic E-state index is 0.0321. The molecule has 2 aromatic rings. The lowest BCUT2D eigenvalue weighted by Gasteiger charge is -2.34. The Hall–Kier alpha value is -2.31. The molecule has 7 heteroatoms. The summed E-state index contributed by atoms with van der Waals surface area (Å²) in [5.74, 6) is 1.48. The molecule has 1 fully saturated rings. The van der Waals surface area contributed by atoms with Gasteiger partial charge in [0.05, 0.1) is 0 Å². The van der Waals surface area contributed by atoms with Crippen LogP contribution in [0.25, 0.3) is 0 Å². The summed E-state index contributed by atoms with van der Waals surface area (Å²) >= 11 is 5.93. The zero-order chi connectivity index (χ0) is 19.9. The first kappa shape index (κ1) is 20.4. The van der Waals surface area contributed by atoms with E-state index in [-0.39, 0.29) is 12.5 Å². The predicted octanol–water partition coefficient (Wildman–Crippen LogP) is 2.88. The number of anilines is 1. The Morgan fingerprint density at radius 2 is 2.00 bits per heavy atom. The Morgan fingerprint density at radius 3 is 2.64 bits per heavy atom. The molecule has 6 nitrogen and oxygen atoms in total. The van der Waals surface area contributed by atoms with E-state index < -0.39 is 0 Å². The summed E-state index contributed by atoms with van der Waals surface area (Å²) in [5, 5.41) is 3.51. The summed E-state index contributed by atoms with van der Waals surface area (Å²) in [7, 11) is 0. The van der Waals surface area contributed by atoms with Crippen LogP contribution in [0.5, 0.6) is 5.75 Å². The van der Waals surface area contributed by atoms with Gasteiger partial charge in [0.25, 0.3) is 5.91 Å². The zero-order valence-corrected chi connectivity index (χ0v) is 17.2. The molecule has 1 saturated heterocycles. The van der Waals surface area contributed by atoms with Gasteiger partial charge < -0.3 is 19.9 Å². The number of aryl methyl sites for hydroxylation is 1. The van der Waals surface area contributed by atoms with Gasteiger partial charge in [0, 0.05) is 43.9 Å². The van der Waals surface area contributed by atoms with E-state index in [1.807, 2.05) is 31.3 Å². The number of benzene rings is 1. The number of pyridine rings is 1. The van der Waals surface area contributed by atoms with Crippen LogP contribution in [-0.4, -0.2) is 55.1 Å². The van der Waals surface area contributed by atoms with Crippen molar-refractivity contribution < 1.29 is 9.53 Å². The van der Waals surface area contributed by atoms with Crippen molar-refractivity contribution in [3.63, 3.8) is 0 Å². The Morgan fingerprint density at radius 1 is 1.21 bits per heavy atom. The van der Waals surface area contributed by atoms with Crippen molar-refractivity contribution in [3.8, 4) is 5.75 Å². The third-order valence-electron chi connectivity index (χ3n) is 4.94. The first-order valence-electron chi connectivity index (χ1n) is 9.63. The Labute approximate surface area is 171 Å². The van der Waals surface area contributed by atoms with E-state index in [9.17, 15) is 4.79 Å². The molecule has 1 aromatic heterocycles. The van der Waals surface area contributed by atoms with Crippen LogP contribution in [0.2, 0.25) is 5.02 Å². The highest BCUT2D eigenvalue weighted by molar-refractivity contribution is 6.30. The Bertz CT molecular complexity index is 789. The molecule has 28 heavy (non-hydrogen) atoms. The standard InChI is InChI=1S/C21H27ClN4O2/c1-3-25-8-10-26(11-9-25)20-7-4-17(13-23-20)14-24-21(27)15-28-19-6-5-18(22)12-16(19)2/h4-7,12-13H,3,8-11,14-15H2,1-2H3,(H,24,27). The van der Waals surface area contributed by atoms with Crippen LogP contribution in [0, 0.1) is 6.92 Å². The summed E-state index contributed by atoms with van der Waals surface area (Å²) in [6, 6.07) is 9.37. The molecule has 0 aliphatic carbocycles. The number of halogens is 1. The molecule has 0 radical (unpaired) electrons. The lowest BCUT2D eigenvalue weighted by molar-refractivity contribution is -0.123. The number of aromatic nitrogens is 1. The zero-order valence-electron chi connectivity index (χ0n) is 16.4. The number of ether oxygens (including phenoxy) is 1. The molecule has 0 bridgehead atoms. The highest BCUT2D eigenvalue weighted by Gasteiger charge is 2.16. The smallest absolute Gasteiger partial charge is 0.258 e. The molecule has 0 atom stereocenters. The number of hydrogen-bond donors (Lipinski definition) is 1. The van der Waals surface area contributed by atoms with Crippen molar-refractivity contribution in [1.82, 2.24) is 15.2 Å². The highest BCUT2D eigenvalue weighted by Crippen LogP contribution is 2.21. The van der Waals surface area contributed by atoms with Crippen LogP contribution in [0.15, 0.2) is 36.5 Å². The topological polar surface area (TPSA) is 57.7 Å². The molecule has 1 aromatic carbocycles. The maximum Gasteiger partial charge on any atom is 0.258 e. The number of carbonyl (C=O) groups excluding carboxylic acids is 1. The molecule has 3 rings (SSSR count). The number of likely N-dealkylation sites (N-methyl/N-ethyl adjacent to an activating group) is 1. The number of nitrogens with one attached hydrogen (secondary N) is 1. The summed E-state index contributed by atoms with van der Waals surface area (Å²) in [5.41, 5.74) is 1.87. The van der Waals surface area contributed by atoms with E-state index in [0.29, 0.717) is 17.3 Å². The first-order valence-corrected chi connectivity index (χ1v) is 10.0. The van der Waals surface area contributed by atoms with Crippen molar-refractivity contribution in [2.45, 2.75) is 20.4 Å². The van der Waals surface area contributed by atoms with Gasteiger partial charge in [-0.3, -0.25) is 4.79 Å². The van der Waals surface area contributed by atoms with E-state index in [0.717, 1.165) is 49.7 Å². The lowest BCUT2D eigenvalue weighted by Crippen LogP contribution is -2.46. The minimum atomic E-state index is -0.172. The summed E-state index contributed by atoms with van der Waals surface area (Å²) in [6.45, 7) is 9.73. The van der Waals surface area contributed by atoms with Gasteiger partial charge in [-0.25, -0.2) is 4.98 Å². The molecule has 1 aliphatic rings. The fourth-order valence-corrected chi connectivity index (χ4v) is 3.40. The van der Waals surface area contributed by atoms with Gasteiger partial charge in [0.2, 0.25) is 0 Å². The minimum Gasteiger partial charge on any atom is -0.484 e. The maximum absolute atomic E-state index is 12.0. The Kier molecular flexibility index (Phi) is 7.12. The van der Waals surface area contributed by atoms with Gasteiger partial charge in [-0.15, -0.1) is 0 Å². The van der Waals surface area contributed by atoms with Crippen molar-refractivity contribution >= 4 is 23.3 Å². The number of piperazine rings is 1. The SMILES string of the molecule is CCN1CCN(c2ccc(CNC(=O)COc3ccc(Cl)cc3C)cn2)CC1. The van der Waals surface area contributed by atoms with Crippen molar-refractivity contribution in [1.29, 1.82) is 0 Å². The molecule has 0 saturated carbocycles. The number of carbonyl (C=O) groups is 1. The lowest BCUT2D eigenvalue weighted by atomic mass is 10.2. The second-order valence-electron chi connectivity index (χ2n) is 6.92. The van der Waals surface area contributed by atoms with E-state index in [1.165, 1.54) is 0 Å². The summed E-state index contributed by atoms with van der Waals surface area (Å²) in [4.78, 5) is 21.3. The molecule has 2 heterocycles. The van der Waals surface area contributed by atoms with Crippen molar-refractivity contribution in [3.05, 3.63) is 52.7 Å². The van der Waals surface area contributed by atoms with Crippen LogP contribution in [0.4, 0.5) is 5.82 Å². The van der Waals surface area contributed by atoms with Gasteiger partial charge in [-0.05, 0) is 48.9 Å². The summed E-state index contributed by atoms with van der Waals surface area (Å²) in [6.07, 6.45) is 1.83. The third kappa shape index (κ3) is 5.59. The maximum atomic E-state index is 12.0. The van der Waals surface area contributed by atoms with Crippen molar-refractivity contribution in [2.75, 3.05) is 44.2 Å². The number of rotatable bonds is 7. The molecular weight excluding hydrogens is 376 g/mol. The normalized spacial score (nSPS) is 14.8. The van der Waals surface area contributed by atoms with E-state index in [2.05, 4.69) is 27.0 Å². The fraction of sp³-hybridized carbons (Fsp3) is 0.429. The molecule has 0 unspecified atom stereocenters. The third-order valence-corrected chi connectivity index (χ3v) is 5.17. The van der Waals surface area contributed by atoms with E-state index >= 15 is 0 Å². The van der Waals surface area contributed by atoms with Crippen molar-refractivity contribution in [2.24, 2.45) is 0 Å². The van der Waals surface area contributed by atoms with Gasteiger partial charge in [-0.2, -0.15) is 0 Å². The number of hydrogen-bond acceptors (Lipinski definition) is 5. The average molecular weight is 403 g/mol. The molecular formula is C21H27ClN4O2. The largest absolute Gasteiger partial charge is 0.484 e. The van der Waals surface area contributed by atoms with Gasteiger partial charge in [-0.1, -0.05) is 24.6 Å². The van der Waals surface area contributed by atoms with E-state index in [1.54, 1.807) is 12.1 Å². The monoisotopic (exact) mass is 402 g/mol. The predicted molar refractivity (Wildman–Crippen MR) is 112 cm³/mol. The molecule has 150 valence electrons. The molecule has 1 N–H and O–H groups in total. The fourth-order valence-electron chi connectivity index (χ4n) is 3.17. The molecule has 0 spiro atoms. The van der Waals surface area contributed by atoms with E-state index in [4.69, 9.17) is 16.3 Å². The second-order valence-corrected chi connectivity index (χ2v) is 7.36. The van der Waals surface area contributed by atoms with Crippen LogP contribution in [0.1, 0.15) is 18.1 Å². The number of amides is 1.